The SMILES string of the molecule is CCS(=O)C1CCCC(NC(=NC)NCc2ccc(OC)c(Br)c2)C1.I. The summed E-state index contributed by atoms with van der Waals surface area (Å²) in [7, 11) is 2.73. The first-order valence-electron chi connectivity index (χ1n) is 8.74. The van der Waals surface area contributed by atoms with Gasteiger partial charge in [0, 0.05) is 41.4 Å². The molecule has 0 saturated heterocycles. The third-order valence-electron chi connectivity index (χ3n) is 4.52. The highest BCUT2D eigenvalue weighted by atomic mass is 127. The maximum absolute atomic E-state index is 12.1. The molecule has 1 aliphatic rings. The van der Waals surface area contributed by atoms with E-state index in [1.54, 1.807) is 14.2 Å². The lowest BCUT2D eigenvalue weighted by Crippen LogP contribution is -2.46. The van der Waals surface area contributed by atoms with Crippen molar-refractivity contribution in [3.8, 4) is 5.75 Å². The molecule has 0 heterocycles. The highest BCUT2D eigenvalue weighted by molar-refractivity contribution is 14.0. The molecule has 0 amide bonds. The Balaban J connectivity index is 0.00000338. The molecule has 148 valence electrons. The molecular weight excluding hydrogens is 529 g/mol. The number of methoxy groups -OCH3 is 1. The molecule has 26 heavy (non-hydrogen) atoms. The summed E-state index contributed by atoms with van der Waals surface area (Å²) < 4.78 is 18.3. The van der Waals surface area contributed by atoms with E-state index in [2.05, 4.69) is 31.6 Å². The number of ether oxygens (including phenoxy) is 1. The molecule has 0 bridgehead atoms. The smallest absolute Gasteiger partial charge is 0.191 e. The molecule has 1 fully saturated rings. The van der Waals surface area contributed by atoms with Crippen molar-refractivity contribution < 1.29 is 8.95 Å². The van der Waals surface area contributed by atoms with E-state index in [0.717, 1.165) is 53.2 Å². The van der Waals surface area contributed by atoms with Gasteiger partial charge in [-0.05, 0) is 52.9 Å². The predicted octanol–water partition coefficient (Wildman–Crippen LogP) is 3.82. The van der Waals surface area contributed by atoms with Gasteiger partial charge in [0.2, 0.25) is 0 Å². The number of benzene rings is 1. The first-order valence-corrected chi connectivity index (χ1v) is 10.9. The molecular formula is C18H29BrIN3O2S. The van der Waals surface area contributed by atoms with Gasteiger partial charge in [0.25, 0.3) is 0 Å². The van der Waals surface area contributed by atoms with Crippen molar-refractivity contribution in [2.24, 2.45) is 4.99 Å². The van der Waals surface area contributed by atoms with Crippen molar-refractivity contribution in [1.82, 2.24) is 10.6 Å². The van der Waals surface area contributed by atoms with Crippen LogP contribution in [0.5, 0.6) is 5.75 Å². The molecule has 2 rings (SSSR count). The van der Waals surface area contributed by atoms with Crippen molar-refractivity contribution in [1.29, 1.82) is 0 Å². The van der Waals surface area contributed by atoms with Crippen LogP contribution in [0.1, 0.15) is 38.2 Å². The van der Waals surface area contributed by atoms with Crippen molar-refractivity contribution in [2.45, 2.75) is 50.4 Å². The first kappa shape index (κ1) is 23.7. The summed E-state index contributed by atoms with van der Waals surface area (Å²) in [6, 6.07) is 6.36. The zero-order valence-electron chi connectivity index (χ0n) is 15.6. The van der Waals surface area contributed by atoms with Crippen LogP contribution in [0.4, 0.5) is 0 Å². The van der Waals surface area contributed by atoms with E-state index in [1.165, 1.54) is 0 Å². The van der Waals surface area contributed by atoms with Crippen molar-refractivity contribution >= 4 is 56.7 Å². The van der Waals surface area contributed by atoms with Crippen LogP contribution in [-0.2, 0) is 17.3 Å². The average molecular weight is 558 g/mol. The summed E-state index contributed by atoms with van der Waals surface area (Å²) in [5.74, 6) is 2.36. The van der Waals surface area contributed by atoms with Crippen molar-refractivity contribution in [3.05, 3.63) is 28.2 Å². The summed E-state index contributed by atoms with van der Waals surface area (Å²) in [6.45, 7) is 2.68. The molecule has 0 radical (unpaired) electrons. The molecule has 0 spiro atoms. The van der Waals surface area contributed by atoms with Gasteiger partial charge in [-0.1, -0.05) is 19.4 Å². The molecule has 2 N–H and O–H groups in total. The molecule has 3 atom stereocenters. The fraction of sp³-hybridized carbons (Fsp3) is 0.611. The third-order valence-corrected chi connectivity index (χ3v) is 6.88. The minimum atomic E-state index is -0.708. The van der Waals surface area contributed by atoms with Gasteiger partial charge in [-0.2, -0.15) is 0 Å². The number of hydrogen-bond donors (Lipinski definition) is 2. The second-order valence-corrected chi connectivity index (χ2v) is 9.05. The molecule has 5 nitrogen and oxygen atoms in total. The van der Waals surface area contributed by atoms with E-state index in [4.69, 9.17) is 4.74 Å². The van der Waals surface area contributed by atoms with Gasteiger partial charge in [0.1, 0.15) is 5.75 Å². The zero-order chi connectivity index (χ0) is 18.2. The molecule has 3 unspecified atom stereocenters. The van der Waals surface area contributed by atoms with Crippen molar-refractivity contribution in [2.75, 3.05) is 19.9 Å². The van der Waals surface area contributed by atoms with Gasteiger partial charge in [-0.25, -0.2) is 0 Å². The Bertz CT molecular complexity index is 630. The Labute approximate surface area is 184 Å². The standard InChI is InChI=1S/C18H28BrN3O2S.HI/c1-4-25(23)15-7-5-6-14(11-15)22-18(20-2)21-12-13-8-9-17(24-3)16(19)10-13;/h8-10,14-15H,4-7,11-12H2,1-3H3,(H2,20,21,22);1H. The Morgan fingerprint density at radius 2 is 2.19 bits per heavy atom. The summed E-state index contributed by atoms with van der Waals surface area (Å²) in [5.41, 5.74) is 1.14. The highest BCUT2D eigenvalue weighted by Crippen LogP contribution is 2.25. The van der Waals surface area contributed by atoms with Crippen LogP contribution in [0.25, 0.3) is 0 Å². The normalized spacial score (nSPS) is 21.5. The Hall–Kier alpha value is -0.350. The summed E-state index contributed by atoms with van der Waals surface area (Å²) in [6.07, 6.45) is 4.25. The number of nitrogens with zero attached hydrogens (tertiary/aromatic N) is 1. The lowest BCUT2D eigenvalue weighted by molar-refractivity contribution is 0.411. The van der Waals surface area contributed by atoms with Gasteiger partial charge < -0.3 is 15.4 Å². The van der Waals surface area contributed by atoms with E-state index in [9.17, 15) is 4.21 Å². The summed E-state index contributed by atoms with van der Waals surface area (Å²) >= 11 is 3.51. The van der Waals surface area contributed by atoms with E-state index in [1.807, 2.05) is 25.1 Å². The number of nitrogens with one attached hydrogen (secondary N) is 2. The second kappa shape index (κ2) is 12.2. The van der Waals surface area contributed by atoms with E-state index in [-0.39, 0.29) is 24.0 Å². The second-order valence-electron chi connectivity index (χ2n) is 6.19. The van der Waals surface area contributed by atoms with Gasteiger partial charge in [0.05, 0.1) is 11.6 Å². The van der Waals surface area contributed by atoms with Crippen LogP contribution in [0.3, 0.4) is 0 Å². The number of hydrogen-bond acceptors (Lipinski definition) is 3. The number of guanidine groups is 1. The number of aliphatic imine (C=N–C) groups is 1. The van der Waals surface area contributed by atoms with Crippen LogP contribution in [-0.4, -0.2) is 41.4 Å². The Morgan fingerprint density at radius 1 is 1.42 bits per heavy atom. The summed E-state index contributed by atoms with van der Waals surface area (Å²) in [5, 5.41) is 7.16. The number of rotatable bonds is 6. The molecule has 1 aromatic rings. The molecule has 1 saturated carbocycles. The maximum atomic E-state index is 12.1. The fourth-order valence-electron chi connectivity index (χ4n) is 3.14. The van der Waals surface area contributed by atoms with Gasteiger partial charge in [-0.15, -0.1) is 24.0 Å². The topological polar surface area (TPSA) is 62.7 Å². The Kier molecular flexibility index (Phi) is 11.1. The first-order chi connectivity index (χ1) is 12.1. The van der Waals surface area contributed by atoms with Crippen LogP contribution in [0, 0.1) is 0 Å². The van der Waals surface area contributed by atoms with Crippen LogP contribution in [0.2, 0.25) is 0 Å². The van der Waals surface area contributed by atoms with Gasteiger partial charge in [-0.3, -0.25) is 9.20 Å². The largest absolute Gasteiger partial charge is 0.496 e. The molecule has 0 aliphatic heterocycles. The van der Waals surface area contributed by atoms with Crippen molar-refractivity contribution in [3.63, 3.8) is 0 Å². The van der Waals surface area contributed by atoms with Crippen LogP contribution < -0.4 is 15.4 Å². The zero-order valence-corrected chi connectivity index (χ0v) is 20.3. The fourth-order valence-corrected chi connectivity index (χ4v) is 5.08. The average Bonchev–Trinajstić information content (AvgIpc) is 2.64. The van der Waals surface area contributed by atoms with Gasteiger partial charge >= 0.3 is 0 Å². The monoisotopic (exact) mass is 557 g/mol. The third kappa shape index (κ3) is 6.99. The summed E-state index contributed by atoms with van der Waals surface area (Å²) in [4.78, 5) is 4.33. The van der Waals surface area contributed by atoms with Gasteiger partial charge in [0.15, 0.2) is 5.96 Å². The van der Waals surface area contributed by atoms with Crippen LogP contribution in [0.15, 0.2) is 27.7 Å². The minimum Gasteiger partial charge on any atom is -0.496 e. The lowest BCUT2D eigenvalue weighted by atomic mass is 9.95. The molecule has 0 aromatic heterocycles. The molecule has 1 aromatic carbocycles. The maximum Gasteiger partial charge on any atom is 0.191 e. The van der Waals surface area contributed by atoms with E-state index < -0.39 is 10.8 Å². The number of halogens is 2. The highest BCUT2D eigenvalue weighted by Gasteiger charge is 2.25. The quantitative estimate of drug-likeness (QED) is 0.317. The predicted molar refractivity (Wildman–Crippen MR) is 124 cm³/mol. The molecule has 8 heteroatoms. The van der Waals surface area contributed by atoms with E-state index in [0.29, 0.717) is 17.8 Å². The Morgan fingerprint density at radius 3 is 2.81 bits per heavy atom. The van der Waals surface area contributed by atoms with E-state index >= 15 is 0 Å². The minimum absolute atomic E-state index is 0. The van der Waals surface area contributed by atoms with Crippen LogP contribution >= 0.6 is 39.9 Å². The lowest BCUT2D eigenvalue weighted by Gasteiger charge is -2.30. The molecule has 1 aliphatic carbocycles.